The minimum atomic E-state index is 0.439. The first-order valence-corrected chi connectivity index (χ1v) is 6.88. The van der Waals surface area contributed by atoms with Crippen molar-refractivity contribution in [3.05, 3.63) is 30.2 Å². The molecule has 0 saturated carbocycles. The summed E-state index contributed by atoms with van der Waals surface area (Å²) < 4.78 is 2.08. The van der Waals surface area contributed by atoms with E-state index in [0.29, 0.717) is 6.04 Å². The Morgan fingerprint density at radius 2 is 2.20 bits per heavy atom. The fourth-order valence-corrected chi connectivity index (χ4v) is 2.20. The van der Waals surface area contributed by atoms with Gasteiger partial charge in [-0.15, -0.1) is 10.2 Å². The molecule has 0 saturated heterocycles. The predicted molar refractivity (Wildman–Crippen MR) is 75.1 cm³/mol. The summed E-state index contributed by atoms with van der Waals surface area (Å²) in [5.74, 6) is 1.88. The SMILES string of the molecule is CC(C)NCc1cncc(N2CCn3cnnc3C2)n1. The van der Waals surface area contributed by atoms with Crippen molar-refractivity contribution in [1.82, 2.24) is 30.0 Å². The van der Waals surface area contributed by atoms with Crippen LogP contribution in [0.25, 0.3) is 0 Å². The molecule has 7 nitrogen and oxygen atoms in total. The van der Waals surface area contributed by atoms with Crippen LogP contribution >= 0.6 is 0 Å². The Kier molecular flexibility index (Phi) is 3.60. The lowest BCUT2D eigenvalue weighted by atomic mass is 10.3. The van der Waals surface area contributed by atoms with Crippen molar-refractivity contribution in [1.29, 1.82) is 0 Å². The number of hydrogen-bond acceptors (Lipinski definition) is 6. The van der Waals surface area contributed by atoms with Gasteiger partial charge in [-0.05, 0) is 0 Å². The van der Waals surface area contributed by atoms with Crippen LogP contribution in [0.4, 0.5) is 5.82 Å². The molecule has 3 rings (SSSR count). The second kappa shape index (κ2) is 5.54. The Hall–Kier alpha value is -2.02. The first kappa shape index (κ1) is 13.0. The van der Waals surface area contributed by atoms with E-state index >= 15 is 0 Å². The van der Waals surface area contributed by atoms with Crippen molar-refractivity contribution >= 4 is 5.82 Å². The van der Waals surface area contributed by atoms with E-state index in [2.05, 4.69) is 48.8 Å². The zero-order chi connectivity index (χ0) is 13.9. The van der Waals surface area contributed by atoms with Crippen LogP contribution in [0.2, 0.25) is 0 Å². The van der Waals surface area contributed by atoms with Crippen LogP contribution in [0.1, 0.15) is 25.4 Å². The highest BCUT2D eigenvalue weighted by molar-refractivity contribution is 5.37. The molecule has 0 radical (unpaired) electrons. The highest BCUT2D eigenvalue weighted by atomic mass is 15.3. The Morgan fingerprint density at radius 1 is 1.30 bits per heavy atom. The lowest BCUT2D eigenvalue weighted by Crippen LogP contribution is -2.34. The lowest BCUT2D eigenvalue weighted by molar-refractivity contribution is 0.551. The second-order valence-corrected chi connectivity index (χ2v) is 5.27. The van der Waals surface area contributed by atoms with Gasteiger partial charge in [-0.1, -0.05) is 13.8 Å². The fraction of sp³-hybridized carbons (Fsp3) is 0.538. The Morgan fingerprint density at radius 3 is 3.05 bits per heavy atom. The van der Waals surface area contributed by atoms with Gasteiger partial charge in [0.2, 0.25) is 0 Å². The van der Waals surface area contributed by atoms with E-state index in [4.69, 9.17) is 0 Å². The lowest BCUT2D eigenvalue weighted by Gasteiger charge is -2.27. The van der Waals surface area contributed by atoms with Gasteiger partial charge in [0.25, 0.3) is 0 Å². The molecular weight excluding hydrogens is 254 g/mol. The van der Waals surface area contributed by atoms with Crippen LogP contribution < -0.4 is 10.2 Å². The maximum atomic E-state index is 4.67. The van der Waals surface area contributed by atoms with Crippen molar-refractivity contribution in [2.45, 2.75) is 39.5 Å². The molecule has 2 aromatic heterocycles. The van der Waals surface area contributed by atoms with E-state index < -0.39 is 0 Å². The Labute approximate surface area is 118 Å². The van der Waals surface area contributed by atoms with E-state index in [1.54, 1.807) is 6.33 Å². The van der Waals surface area contributed by atoms with Crippen LogP contribution in [0.15, 0.2) is 18.7 Å². The van der Waals surface area contributed by atoms with Crippen LogP contribution in [0.3, 0.4) is 0 Å². The summed E-state index contributed by atoms with van der Waals surface area (Å²) in [5.41, 5.74) is 0.961. The van der Waals surface area contributed by atoms with Crippen molar-refractivity contribution in [3.63, 3.8) is 0 Å². The Balaban J connectivity index is 1.73. The zero-order valence-corrected chi connectivity index (χ0v) is 11.8. The maximum Gasteiger partial charge on any atom is 0.152 e. The van der Waals surface area contributed by atoms with Crippen molar-refractivity contribution < 1.29 is 0 Å². The number of hydrogen-bond donors (Lipinski definition) is 1. The molecule has 0 fully saturated rings. The fourth-order valence-electron chi connectivity index (χ4n) is 2.20. The van der Waals surface area contributed by atoms with Gasteiger partial charge >= 0.3 is 0 Å². The molecule has 20 heavy (non-hydrogen) atoms. The number of rotatable bonds is 4. The van der Waals surface area contributed by atoms with E-state index in [-0.39, 0.29) is 0 Å². The number of fused-ring (bicyclic) bond motifs is 1. The van der Waals surface area contributed by atoms with E-state index in [0.717, 1.165) is 43.5 Å². The summed E-state index contributed by atoms with van der Waals surface area (Å²) in [7, 11) is 0. The summed E-state index contributed by atoms with van der Waals surface area (Å²) in [5, 5.41) is 11.4. The topological polar surface area (TPSA) is 71.8 Å². The third-order valence-electron chi connectivity index (χ3n) is 3.33. The van der Waals surface area contributed by atoms with E-state index in [9.17, 15) is 0 Å². The monoisotopic (exact) mass is 273 g/mol. The van der Waals surface area contributed by atoms with Crippen LogP contribution in [0, 0.1) is 0 Å². The van der Waals surface area contributed by atoms with Crippen LogP contribution in [-0.4, -0.2) is 37.3 Å². The van der Waals surface area contributed by atoms with Gasteiger partial charge in [0.1, 0.15) is 12.1 Å². The van der Waals surface area contributed by atoms with Gasteiger partial charge in [-0.3, -0.25) is 4.98 Å². The molecule has 0 amide bonds. The minimum absolute atomic E-state index is 0.439. The molecular formula is C13H19N7. The third-order valence-corrected chi connectivity index (χ3v) is 3.33. The normalized spacial score (nSPS) is 14.7. The highest BCUT2D eigenvalue weighted by Crippen LogP contribution is 2.16. The minimum Gasteiger partial charge on any atom is -0.346 e. The number of nitrogens with zero attached hydrogens (tertiary/aromatic N) is 6. The number of aromatic nitrogens is 5. The van der Waals surface area contributed by atoms with Gasteiger partial charge in [0.15, 0.2) is 5.82 Å². The van der Waals surface area contributed by atoms with Gasteiger partial charge in [-0.25, -0.2) is 4.98 Å². The van der Waals surface area contributed by atoms with Crippen molar-refractivity contribution in [3.8, 4) is 0 Å². The van der Waals surface area contributed by atoms with E-state index in [1.807, 2.05) is 12.4 Å². The Bertz CT molecular complexity index is 578. The summed E-state index contributed by atoms with van der Waals surface area (Å²) in [6.45, 7) is 7.50. The molecule has 1 aliphatic heterocycles. The third kappa shape index (κ3) is 2.77. The van der Waals surface area contributed by atoms with Gasteiger partial charge in [0, 0.05) is 31.9 Å². The van der Waals surface area contributed by atoms with Crippen LogP contribution in [0.5, 0.6) is 0 Å². The molecule has 0 aromatic carbocycles. The molecule has 0 unspecified atom stereocenters. The van der Waals surface area contributed by atoms with Gasteiger partial charge < -0.3 is 14.8 Å². The molecule has 2 aromatic rings. The molecule has 0 bridgehead atoms. The van der Waals surface area contributed by atoms with Gasteiger partial charge in [0.05, 0.1) is 18.4 Å². The highest BCUT2D eigenvalue weighted by Gasteiger charge is 2.19. The first-order chi connectivity index (χ1) is 9.72. The smallest absolute Gasteiger partial charge is 0.152 e. The summed E-state index contributed by atoms with van der Waals surface area (Å²) >= 11 is 0. The van der Waals surface area contributed by atoms with Crippen LogP contribution in [-0.2, 0) is 19.6 Å². The largest absolute Gasteiger partial charge is 0.346 e. The van der Waals surface area contributed by atoms with Crippen molar-refractivity contribution in [2.24, 2.45) is 0 Å². The predicted octanol–water partition coefficient (Wildman–Crippen LogP) is 0.586. The molecule has 106 valence electrons. The standard InChI is InChI=1S/C13H19N7/c1-10(2)15-6-11-5-14-7-12(17-11)19-3-4-20-9-16-18-13(20)8-19/h5,7,9-10,15H,3-4,6,8H2,1-2H3. The summed E-state index contributed by atoms with van der Waals surface area (Å²) in [4.78, 5) is 11.2. The molecule has 0 aliphatic carbocycles. The van der Waals surface area contributed by atoms with Crippen molar-refractivity contribution in [2.75, 3.05) is 11.4 Å². The zero-order valence-electron chi connectivity index (χ0n) is 11.8. The average molecular weight is 273 g/mol. The molecule has 7 heteroatoms. The molecule has 0 spiro atoms. The number of anilines is 1. The molecule has 1 aliphatic rings. The molecule has 0 atom stereocenters. The van der Waals surface area contributed by atoms with Gasteiger partial charge in [-0.2, -0.15) is 0 Å². The average Bonchev–Trinajstić information content (AvgIpc) is 2.93. The second-order valence-electron chi connectivity index (χ2n) is 5.27. The summed E-state index contributed by atoms with van der Waals surface area (Å²) in [6.07, 6.45) is 5.40. The maximum absolute atomic E-state index is 4.67. The van der Waals surface area contributed by atoms with E-state index in [1.165, 1.54) is 0 Å². The first-order valence-electron chi connectivity index (χ1n) is 6.88. The quantitative estimate of drug-likeness (QED) is 0.879. The number of nitrogens with one attached hydrogen (secondary N) is 1. The molecule has 1 N–H and O–H groups in total. The summed E-state index contributed by atoms with van der Waals surface area (Å²) in [6, 6.07) is 0.439. The molecule has 3 heterocycles.